The molecule has 0 heterocycles. The lowest BCUT2D eigenvalue weighted by molar-refractivity contribution is -0.870. The predicted octanol–water partition coefficient (Wildman–Crippen LogP) is 18.0. The van der Waals surface area contributed by atoms with Gasteiger partial charge in [-0.15, -0.1) is 0 Å². The molecule has 2 atom stereocenters. The Morgan fingerprint density at radius 3 is 1.16 bits per heavy atom. The SMILES string of the molecule is CCCCCCC/C=C\C/C=C\C/C=C\CCCCCCCCCCCCCCC(=O)OC(COC(=O)CCCCCCCCCCCCCCCCCCCC)COP(=O)(O)OCC[N+](C)(C)C. The van der Waals surface area contributed by atoms with E-state index in [9.17, 15) is 19.0 Å². The monoisotopic (exact) mass is 995 g/mol. The Balaban J connectivity index is 4.13. The van der Waals surface area contributed by atoms with Crippen LogP contribution in [-0.2, 0) is 32.7 Å². The smallest absolute Gasteiger partial charge is 0.462 e. The third-order valence-electron chi connectivity index (χ3n) is 12.9. The van der Waals surface area contributed by atoms with Crippen molar-refractivity contribution in [3.05, 3.63) is 36.5 Å². The van der Waals surface area contributed by atoms with Gasteiger partial charge >= 0.3 is 19.8 Å². The van der Waals surface area contributed by atoms with Crippen molar-refractivity contribution in [2.45, 2.75) is 283 Å². The highest BCUT2D eigenvalue weighted by Gasteiger charge is 2.27. The highest BCUT2D eigenvalue weighted by Crippen LogP contribution is 2.43. The second-order valence-electron chi connectivity index (χ2n) is 21.0. The number of carbonyl (C=O) groups excluding carboxylic acids is 2. The molecule has 0 aromatic carbocycles. The zero-order valence-electron chi connectivity index (χ0n) is 46.1. The van der Waals surface area contributed by atoms with Gasteiger partial charge < -0.3 is 18.9 Å². The first-order valence-corrected chi connectivity index (χ1v) is 30.7. The van der Waals surface area contributed by atoms with E-state index >= 15 is 0 Å². The maximum Gasteiger partial charge on any atom is 0.472 e. The van der Waals surface area contributed by atoms with Crippen molar-refractivity contribution in [3.63, 3.8) is 0 Å². The number of rotatable bonds is 54. The van der Waals surface area contributed by atoms with Gasteiger partial charge in [0, 0.05) is 12.8 Å². The molecule has 406 valence electrons. The Kier molecular flexibility index (Phi) is 49.8. The summed E-state index contributed by atoms with van der Waals surface area (Å²) in [5.74, 6) is -0.786. The number of unbranched alkanes of at least 4 members (excludes halogenated alkanes) is 34. The quantitative estimate of drug-likeness (QED) is 0.0211. The van der Waals surface area contributed by atoms with Crippen LogP contribution >= 0.6 is 7.82 Å². The summed E-state index contributed by atoms with van der Waals surface area (Å²) >= 11 is 0. The van der Waals surface area contributed by atoms with E-state index in [1.54, 1.807) is 0 Å². The van der Waals surface area contributed by atoms with Crippen LogP contribution < -0.4 is 0 Å². The molecule has 0 aliphatic rings. The summed E-state index contributed by atoms with van der Waals surface area (Å²) in [5, 5.41) is 0. The number of allylic oxidation sites excluding steroid dienone is 6. The molecular formula is C59H113NO8P+. The van der Waals surface area contributed by atoms with Crippen LogP contribution in [0.15, 0.2) is 36.5 Å². The minimum atomic E-state index is -4.38. The van der Waals surface area contributed by atoms with Gasteiger partial charge in [-0.2, -0.15) is 0 Å². The normalized spacial score (nSPS) is 13.5. The van der Waals surface area contributed by atoms with Crippen LogP contribution in [0.3, 0.4) is 0 Å². The van der Waals surface area contributed by atoms with Crippen LogP contribution in [0.5, 0.6) is 0 Å². The first-order chi connectivity index (χ1) is 33.5. The van der Waals surface area contributed by atoms with Crippen LogP contribution in [0.2, 0.25) is 0 Å². The number of phosphoric ester groups is 1. The lowest BCUT2D eigenvalue weighted by Gasteiger charge is -2.24. The zero-order chi connectivity index (χ0) is 50.6. The van der Waals surface area contributed by atoms with Crippen molar-refractivity contribution in [2.75, 3.05) is 47.5 Å². The minimum absolute atomic E-state index is 0.0331. The van der Waals surface area contributed by atoms with Gasteiger partial charge in [-0.25, -0.2) is 4.57 Å². The molecule has 0 bridgehead atoms. The first kappa shape index (κ1) is 67.2. The molecule has 2 unspecified atom stereocenters. The van der Waals surface area contributed by atoms with Crippen LogP contribution in [0.4, 0.5) is 0 Å². The van der Waals surface area contributed by atoms with Crippen molar-refractivity contribution < 1.29 is 42.1 Å². The topological polar surface area (TPSA) is 108 Å². The van der Waals surface area contributed by atoms with Gasteiger partial charge in [0.05, 0.1) is 27.7 Å². The van der Waals surface area contributed by atoms with E-state index in [0.29, 0.717) is 23.9 Å². The summed E-state index contributed by atoms with van der Waals surface area (Å²) < 4.78 is 34.6. The Morgan fingerprint density at radius 1 is 0.449 bits per heavy atom. The summed E-state index contributed by atoms with van der Waals surface area (Å²) in [7, 11) is 1.49. The summed E-state index contributed by atoms with van der Waals surface area (Å²) in [6.07, 6.45) is 62.1. The Labute approximate surface area is 427 Å². The number of nitrogens with zero attached hydrogens (tertiary/aromatic N) is 1. The van der Waals surface area contributed by atoms with E-state index in [1.165, 1.54) is 193 Å². The van der Waals surface area contributed by atoms with E-state index < -0.39 is 26.5 Å². The third-order valence-corrected chi connectivity index (χ3v) is 13.9. The Morgan fingerprint density at radius 2 is 0.783 bits per heavy atom. The minimum Gasteiger partial charge on any atom is -0.462 e. The maximum atomic E-state index is 12.8. The van der Waals surface area contributed by atoms with Gasteiger partial charge in [-0.3, -0.25) is 18.6 Å². The fraction of sp³-hybridized carbons (Fsp3) is 0.864. The summed E-state index contributed by atoms with van der Waals surface area (Å²) in [6.45, 7) is 4.46. The van der Waals surface area contributed by atoms with Gasteiger partial charge in [0.2, 0.25) is 0 Å². The van der Waals surface area contributed by atoms with Crippen molar-refractivity contribution in [1.29, 1.82) is 0 Å². The van der Waals surface area contributed by atoms with E-state index in [4.69, 9.17) is 18.5 Å². The lowest BCUT2D eigenvalue weighted by Crippen LogP contribution is -2.37. The molecule has 1 N–H and O–H groups in total. The van der Waals surface area contributed by atoms with E-state index in [2.05, 4.69) is 50.3 Å². The standard InChI is InChI=1S/C59H112NO8P/c1-6-8-10-12-14-16-18-20-22-24-26-27-28-29-30-31-32-33-34-36-38-40-42-44-46-48-50-52-59(62)68-57(56-67-69(63,64)66-54-53-60(3,4)5)55-65-58(61)51-49-47-45-43-41-39-37-35-25-23-21-19-17-15-13-11-9-7-2/h18,20,24,26,28-29,57H,6-17,19,21-23,25,27,30-56H2,1-5H3/p+1/b20-18-,26-24-,29-28-. The predicted molar refractivity (Wildman–Crippen MR) is 294 cm³/mol. The van der Waals surface area contributed by atoms with Gasteiger partial charge in [0.15, 0.2) is 6.10 Å². The summed E-state index contributed by atoms with van der Waals surface area (Å²) in [5.41, 5.74) is 0. The zero-order valence-corrected chi connectivity index (χ0v) is 47.0. The third kappa shape index (κ3) is 55.4. The average Bonchev–Trinajstić information content (AvgIpc) is 3.31. The largest absolute Gasteiger partial charge is 0.472 e. The number of likely N-dealkylation sites (N-methyl/N-ethyl adjacent to an activating group) is 1. The molecule has 10 heteroatoms. The molecule has 0 aromatic rings. The molecule has 0 fully saturated rings. The first-order valence-electron chi connectivity index (χ1n) is 29.2. The maximum absolute atomic E-state index is 12.8. The van der Waals surface area contributed by atoms with Crippen molar-refractivity contribution >= 4 is 19.8 Å². The molecule has 0 rings (SSSR count). The van der Waals surface area contributed by atoms with Gasteiger partial charge in [-0.05, 0) is 51.4 Å². The molecule has 0 aliphatic carbocycles. The number of quaternary nitrogens is 1. The van der Waals surface area contributed by atoms with Crippen molar-refractivity contribution in [3.8, 4) is 0 Å². The summed E-state index contributed by atoms with van der Waals surface area (Å²) in [6, 6.07) is 0. The fourth-order valence-corrected chi connectivity index (χ4v) is 9.12. The molecule has 0 spiro atoms. The van der Waals surface area contributed by atoms with Crippen LogP contribution in [0, 0.1) is 0 Å². The highest BCUT2D eigenvalue weighted by molar-refractivity contribution is 7.47. The number of hydrogen-bond donors (Lipinski definition) is 1. The van der Waals surface area contributed by atoms with Gasteiger partial charge in [0.25, 0.3) is 0 Å². The number of hydrogen-bond acceptors (Lipinski definition) is 7. The molecule has 0 saturated heterocycles. The second-order valence-corrected chi connectivity index (χ2v) is 22.5. The van der Waals surface area contributed by atoms with Crippen molar-refractivity contribution in [2.24, 2.45) is 0 Å². The number of carbonyl (C=O) groups is 2. The number of phosphoric acid groups is 1. The fourth-order valence-electron chi connectivity index (χ4n) is 8.38. The van der Waals surface area contributed by atoms with E-state index in [-0.39, 0.29) is 25.6 Å². The molecule has 0 saturated carbocycles. The summed E-state index contributed by atoms with van der Waals surface area (Å²) in [4.78, 5) is 35.7. The van der Waals surface area contributed by atoms with E-state index in [0.717, 1.165) is 51.4 Å². The van der Waals surface area contributed by atoms with Gasteiger partial charge in [0.1, 0.15) is 19.8 Å². The van der Waals surface area contributed by atoms with Gasteiger partial charge in [-0.1, -0.05) is 249 Å². The molecule has 0 amide bonds. The van der Waals surface area contributed by atoms with Crippen LogP contribution in [0.25, 0.3) is 0 Å². The molecule has 69 heavy (non-hydrogen) atoms. The molecule has 0 radical (unpaired) electrons. The molecule has 9 nitrogen and oxygen atoms in total. The lowest BCUT2D eigenvalue weighted by atomic mass is 10.0. The number of esters is 2. The Bertz CT molecular complexity index is 1260. The highest BCUT2D eigenvalue weighted by atomic mass is 31.2. The van der Waals surface area contributed by atoms with Crippen molar-refractivity contribution in [1.82, 2.24) is 0 Å². The molecule has 0 aromatic heterocycles. The number of ether oxygens (including phenoxy) is 2. The second kappa shape index (κ2) is 51.1. The molecular weight excluding hydrogens is 882 g/mol. The molecule has 0 aliphatic heterocycles. The van der Waals surface area contributed by atoms with E-state index in [1.807, 2.05) is 21.1 Å². The average molecular weight is 996 g/mol. The van der Waals surface area contributed by atoms with Crippen LogP contribution in [0.1, 0.15) is 277 Å². The Hall–Kier alpha value is -1.77. The van der Waals surface area contributed by atoms with Crippen LogP contribution in [-0.4, -0.2) is 74.9 Å².